The first-order chi connectivity index (χ1) is 12.6. The standard InChI is InChI=1S/C21H25NO4/c1-4-24-18-11-10-15(12-19(18)25-5-2)14(3)22-21(23)20-13-16-8-6-7-9-17(16)26-20/h6-12,14,20H,4-5,13H2,1-3H3,(H,22,23)/t14-,20+/m0/s1. The number of hydrogen-bond donors (Lipinski definition) is 1. The van der Waals surface area contributed by atoms with E-state index in [2.05, 4.69) is 5.32 Å². The van der Waals surface area contributed by atoms with Gasteiger partial charge in [0.15, 0.2) is 17.6 Å². The van der Waals surface area contributed by atoms with Gasteiger partial charge in [-0.2, -0.15) is 0 Å². The van der Waals surface area contributed by atoms with Crippen LogP contribution in [0, 0.1) is 0 Å². The van der Waals surface area contributed by atoms with Crippen LogP contribution in [0.15, 0.2) is 42.5 Å². The average Bonchev–Trinajstić information content (AvgIpc) is 3.08. The molecule has 1 aliphatic heterocycles. The maximum Gasteiger partial charge on any atom is 0.261 e. The van der Waals surface area contributed by atoms with E-state index in [4.69, 9.17) is 14.2 Å². The Morgan fingerprint density at radius 1 is 1.15 bits per heavy atom. The summed E-state index contributed by atoms with van der Waals surface area (Å²) in [5, 5.41) is 3.03. The first-order valence-electron chi connectivity index (χ1n) is 9.06. The summed E-state index contributed by atoms with van der Waals surface area (Å²) in [6, 6.07) is 13.3. The molecule has 0 spiro atoms. The predicted octanol–water partition coefficient (Wildman–Crippen LogP) is 3.66. The molecule has 2 aromatic carbocycles. The molecule has 1 heterocycles. The molecule has 2 atom stereocenters. The summed E-state index contributed by atoms with van der Waals surface area (Å²) >= 11 is 0. The molecule has 1 aliphatic rings. The molecular formula is C21H25NO4. The number of benzene rings is 2. The van der Waals surface area contributed by atoms with Gasteiger partial charge < -0.3 is 19.5 Å². The molecule has 0 saturated heterocycles. The minimum Gasteiger partial charge on any atom is -0.490 e. The fourth-order valence-corrected chi connectivity index (χ4v) is 3.06. The zero-order valence-electron chi connectivity index (χ0n) is 15.5. The monoisotopic (exact) mass is 355 g/mol. The van der Waals surface area contributed by atoms with Crippen molar-refractivity contribution >= 4 is 5.91 Å². The molecule has 5 heteroatoms. The largest absolute Gasteiger partial charge is 0.490 e. The van der Waals surface area contributed by atoms with Crippen LogP contribution in [0.2, 0.25) is 0 Å². The predicted molar refractivity (Wildman–Crippen MR) is 99.9 cm³/mol. The van der Waals surface area contributed by atoms with Gasteiger partial charge >= 0.3 is 0 Å². The molecule has 0 unspecified atom stereocenters. The first-order valence-corrected chi connectivity index (χ1v) is 9.06. The second-order valence-electron chi connectivity index (χ2n) is 6.22. The van der Waals surface area contributed by atoms with Crippen molar-refractivity contribution in [3.05, 3.63) is 53.6 Å². The third-order valence-electron chi connectivity index (χ3n) is 4.37. The van der Waals surface area contributed by atoms with Crippen molar-refractivity contribution in [2.75, 3.05) is 13.2 Å². The number of ether oxygens (including phenoxy) is 3. The molecule has 0 aliphatic carbocycles. The second-order valence-corrected chi connectivity index (χ2v) is 6.22. The maximum atomic E-state index is 12.6. The van der Waals surface area contributed by atoms with E-state index >= 15 is 0 Å². The van der Waals surface area contributed by atoms with Crippen molar-refractivity contribution in [3.63, 3.8) is 0 Å². The van der Waals surface area contributed by atoms with Gasteiger partial charge in [-0.05, 0) is 50.1 Å². The SMILES string of the molecule is CCOc1ccc([C@H](C)NC(=O)[C@H]2Cc3ccccc3O2)cc1OCC. The summed E-state index contributed by atoms with van der Waals surface area (Å²) in [7, 11) is 0. The van der Waals surface area contributed by atoms with Gasteiger partial charge in [-0.15, -0.1) is 0 Å². The highest BCUT2D eigenvalue weighted by Gasteiger charge is 2.29. The Bertz CT molecular complexity index is 749. The van der Waals surface area contributed by atoms with Gasteiger partial charge in [0.1, 0.15) is 5.75 Å². The third kappa shape index (κ3) is 3.93. The molecule has 138 valence electrons. The summed E-state index contributed by atoms with van der Waals surface area (Å²) in [6.45, 7) is 6.95. The number of fused-ring (bicyclic) bond motifs is 1. The first kappa shape index (κ1) is 18.1. The number of carbonyl (C=O) groups is 1. The Morgan fingerprint density at radius 2 is 1.88 bits per heavy atom. The molecule has 0 fully saturated rings. The van der Waals surface area contributed by atoms with Gasteiger partial charge in [0.05, 0.1) is 19.3 Å². The maximum absolute atomic E-state index is 12.6. The molecule has 3 rings (SSSR count). The molecule has 26 heavy (non-hydrogen) atoms. The van der Waals surface area contributed by atoms with E-state index in [0.717, 1.165) is 16.9 Å². The lowest BCUT2D eigenvalue weighted by atomic mass is 10.1. The number of hydrogen-bond acceptors (Lipinski definition) is 4. The quantitative estimate of drug-likeness (QED) is 0.823. The average molecular weight is 355 g/mol. The highest BCUT2D eigenvalue weighted by molar-refractivity contribution is 5.83. The zero-order chi connectivity index (χ0) is 18.5. The Morgan fingerprint density at radius 3 is 2.62 bits per heavy atom. The van der Waals surface area contributed by atoms with E-state index < -0.39 is 6.10 Å². The topological polar surface area (TPSA) is 56.8 Å². The third-order valence-corrected chi connectivity index (χ3v) is 4.37. The lowest BCUT2D eigenvalue weighted by Crippen LogP contribution is -2.38. The van der Waals surface area contributed by atoms with E-state index in [1.54, 1.807) is 0 Å². The van der Waals surface area contributed by atoms with Gasteiger partial charge in [0.25, 0.3) is 5.91 Å². The van der Waals surface area contributed by atoms with E-state index in [-0.39, 0.29) is 11.9 Å². The van der Waals surface area contributed by atoms with Crippen LogP contribution in [0.25, 0.3) is 0 Å². The lowest BCUT2D eigenvalue weighted by Gasteiger charge is -2.19. The van der Waals surface area contributed by atoms with Gasteiger partial charge in [0, 0.05) is 6.42 Å². The minimum absolute atomic E-state index is 0.111. The van der Waals surface area contributed by atoms with Crippen LogP contribution in [0.1, 0.15) is 37.9 Å². The molecule has 0 aromatic heterocycles. The van der Waals surface area contributed by atoms with E-state index in [1.165, 1.54) is 0 Å². The summed E-state index contributed by atoms with van der Waals surface area (Å²) in [5.74, 6) is 2.09. The van der Waals surface area contributed by atoms with Gasteiger partial charge in [0.2, 0.25) is 0 Å². The van der Waals surface area contributed by atoms with E-state index in [1.807, 2.05) is 63.2 Å². The second kappa shape index (κ2) is 8.13. The lowest BCUT2D eigenvalue weighted by molar-refractivity contribution is -0.127. The van der Waals surface area contributed by atoms with E-state index in [0.29, 0.717) is 31.1 Å². The van der Waals surface area contributed by atoms with Crippen molar-refractivity contribution in [2.24, 2.45) is 0 Å². The van der Waals surface area contributed by atoms with Gasteiger partial charge in [-0.25, -0.2) is 0 Å². The van der Waals surface area contributed by atoms with Crippen LogP contribution >= 0.6 is 0 Å². The van der Waals surface area contributed by atoms with Crippen LogP contribution in [0.4, 0.5) is 0 Å². The molecule has 0 saturated carbocycles. The summed E-state index contributed by atoms with van der Waals surface area (Å²) in [4.78, 5) is 12.6. The van der Waals surface area contributed by atoms with Crippen molar-refractivity contribution < 1.29 is 19.0 Å². The van der Waals surface area contributed by atoms with Crippen molar-refractivity contribution in [2.45, 2.75) is 39.3 Å². The van der Waals surface area contributed by atoms with Crippen molar-refractivity contribution in [1.29, 1.82) is 0 Å². The normalized spacial score (nSPS) is 16.3. The zero-order valence-corrected chi connectivity index (χ0v) is 15.5. The number of carbonyl (C=O) groups excluding carboxylic acids is 1. The van der Waals surface area contributed by atoms with Crippen molar-refractivity contribution in [1.82, 2.24) is 5.32 Å². The molecule has 5 nitrogen and oxygen atoms in total. The minimum atomic E-state index is -0.482. The number of rotatable bonds is 7. The Labute approximate surface area is 154 Å². The molecule has 0 bridgehead atoms. The molecular weight excluding hydrogens is 330 g/mol. The number of nitrogens with one attached hydrogen (secondary N) is 1. The Kier molecular flexibility index (Phi) is 5.66. The highest BCUT2D eigenvalue weighted by Crippen LogP contribution is 2.31. The van der Waals surface area contributed by atoms with E-state index in [9.17, 15) is 4.79 Å². The molecule has 0 radical (unpaired) electrons. The molecule has 1 N–H and O–H groups in total. The number of para-hydroxylation sites is 1. The summed E-state index contributed by atoms with van der Waals surface area (Å²) in [6.07, 6.45) is 0.117. The number of amides is 1. The summed E-state index contributed by atoms with van der Waals surface area (Å²) < 4.78 is 17.0. The van der Waals surface area contributed by atoms with Crippen LogP contribution in [-0.2, 0) is 11.2 Å². The fourth-order valence-electron chi connectivity index (χ4n) is 3.06. The molecule has 1 amide bonds. The van der Waals surface area contributed by atoms with Crippen LogP contribution in [0.3, 0.4) is 0 Å². The van der Waals surface area contributed by atoms with Crippen molar-refractivity contribution in [3.8, 4) is 17.2 Å². The highest BCUT2D eigenvalue weighted by atomic mass is 16.5. The van der Waals surface area contributed by atoms with Gasteiger partial charge in [-0.3, -0.25) is 4.79 Å². The fraction of sp³-hybridized carbons (Fsp3) is 0.381. The Hall–Kier alpha value is -2.69. The van der Waals surface area contributed by atoms with Crippen LogP contribution < -0.4 is 19.5 Å². The Balaban J connectivity index is 1.67. The summed E-state index contributed by atoms with van der Waals surface area (Å²) in [5.41, 5.74) is 2.03. The smallest absolute Gasteiger partial charge is 0.261 e. The van der Waals surface area contributed by atoms with Crippen LogP contribution in [0.5, 0.6) is 17.2 Å². The van der Waals surface area contributed by atoms with Gasteiger partial charge in [-0.1, -0.05) is 24.3 Å². The molecule has 2 aromatic rings. The van der Waals surface area contributed by atoms with Crippen LogP contribution in [-0.4, -0.2) is 25.2 Å².